The van der Waals surface area contributed by atoms with Gasteiger partial charge in [-0.25, -0.2) is 0 Å². The van der Waals surface area contributed by atoms with Crippen molar-refractivity contribution in [1.82, 2.24) is 10.2 Å². The van der Waals surface area contributed by atoms with Gasteiger partial charge < -0.3 is 5.32 Å². The maximum atomic E-state index is 3.64. The summed E-state index contributed by atoms with van der Waals surface area (Å²) in [4.78, 5) is 2.70. The minimum atomic E-state index is 0.369. The normalized spacial score (nSPS) is 33.2. The van der Waals surface area contributed by atoms with Crippen molar-refractivity contribution in [1.29, 1.82) is 0 Å². The maximum absolute atomic E-state index is 3.64. The summed E-state index contributed by atoms with van der Waals surface area (Å²) < 4.78 is 0. The number of rotatable bonds is 3. The van der Waals surface area contributed by atoms with Crippen molar-refractivity contribution in [3.63, 3.8) is 0 Å². The van der Waals surface area contributed by atoms with E-state index in [1.54, 1.807) is 0 Å². The number of piperazine rings is 1. The van der Waals surface area contributed by atoms with Gasteiger partial charge in [-0.15, -0.1) is 0 Å². The molecule has 2 fully saturated rings. The summed E-state index contributed by atoms with van der Waals surface area (Å²) in [6.45, 7) is 10.8. The van der Waals surface area contributed by atoms with E-state index in [1.807, 2.05) is 0 Å². The Labute approximate surface area is 88.1 Å². The van der Waals surface area contributed by atoms with Crippen molar-refractivity contribution in [3.8, 4) is 0 Å². The van der Waals surface area contributed by atoms with Gasteiger partial charge in [-0.3, -0.25) is 4.90 Å². The van der Waals surface area contributed by atoms with Crippen molar-refractivity contribution >= 4 is 0 Å². The molecule has 2 rings (SSSR count). The molecule has 82 valence electrons. The molecule has 1 aliphatic carbocycles. The van der Waals surface area contributed by atoms with Gasteiger partial charge in [-0.05, 0) is 39.0 Å². The Morgan fingerprint density at radius 3 is 2.64 bits per heavy atom. The molecule has 14 heavy (non-hydrogen) atoms. The fourth-order valence-electron chi connectivity index (χ4n) is 2.29. The summed E-state index contributed by atoms with van der Waals surface area (Å²) >= 11 is 0. The zero-order chi connectivity index (χ0) is 10.2. The van der Waals surface area contributed by atoms with E-state index in [0.717, 1.165) is 18.5 Å². The molecule has 1 unspecified atom stereocenters. The summed E-state index contributed by atoms with van der Waals surface area (Å²) in [5, 5.41) is 3.64. The van der Waals surface area contributed by atoms with Crippen molar-refractivity contribution in [2.75, 3.05) is 19.6 Å². The quantitative estimate of drug-likeness (QED) is 0.741. The summed E-state index contributed by atoms with van der Waals surface area (Å²) in [6.07, 6.45) is 4.20. The van der Waals surface area contributed by atoms with Crippen molar-refractivity contribution < 1.29 is 0 Å². The molecule has 0 aromatic carbocycles. The topological polar surface area (TPSA) is 15.3 Å². The Bertz CT molecular complexity index is 196. The van der Waals surface area contributed by atoms with E-state index in [9.17, 15) is 0 Å². The third-order valence-electron chi connectivity index (χ3n) is 3.79. The lowest BCUT2D eigenvalue weighted by Crippen LogP contribution is -2.62. The van der Waals surface area contributed by atoms with Gasteiger partial charge in [0.2, 0.25) is 0 Å². The predicted octanol–water partition coefficient (Wildman–Crippen LogP) is 1.86. The molecule has 1 saturated heterocycles. The highest BCUT2D eigenvalue weighted by molar-refractivity contribution is 4.94. The minimum Gasteiger partial charge on any atom is -0.311 e. The largest absolute Gasteiger partial charge is 0.311 e. The molecule has 1 saturated carbocycles. The average molecular weight is 196 g/mol. The van der Waals surface area contributed by atoms with Gasteiger partial charge >= 0.3 is 0 Å². The van der Waals surface area contributed by atoms with Crippen LogP contribution in [0.1, 0.15) is 40.0 Å². The molecule has 2 aliphatic rings. The maximum Gasteiger partial charge on any atom is 0.0278 e. The smallest absolute Gasteiger partial charge is 0.0278 e. The fraction of sp³-hybridized carbons (Fsp3) is 1.00. The van der Waals surface area contributed by atoms with Crippen LogP contribution in [0.2, 0.25) is 0 Å². The summed E-state index contributed by atoms with van der Waals surface area (Å²) in [5.41, 5.74) is 0.369. The minimum absolute atomic E-state index is 0.369. The fourth-order valence-corrected chi connectivity index (χ4v) is 2.29. The van der Waals surface area contributed by atoms with Crippen LogP contribution in [0.25, 0.3) is 0 Å². The molecule has 0 bridgehead atoms. The zero-order valence-electron chi connectivity index (χ0n) is 9.84. The van der Waals surface area contributed by atoms with Crippen molar-refractivity contribution in [2.45, 2.75) is 51.6 Å². The second-order valence-corrected chi connectivity index (χ2v) is 5.65. The number of nitrogens with zero attached hydrogens (tertiary/aromatic N) is 1. The second kappa shape index (κ2) is 3.82. The molecule has 2 nitrogen and oxygen atoms in total. The first-order valence-corrected chi connectivity index (χ1v) is 6.10. The molecule has 0 aromatic rings. The van der Waals surface area contributed by atoms with Gasteiger partial charge in [0.05, 0.1) is 0 Å². The zero-order valence-corrected chi connectivity index (χ0v) is 9.84. The van der Waals surface area contributed by atoms with Gasteiger partial charge in [0.1, 0.15) is 0 Å². The Kier molecular flexibility index (Phi) is 2.85. The Morgan fingerprint density at radius 2 is 2.07 bits per heavy atom. The number of nitrogens with one attached hydrogen (secondary N) is 1. The van der Waals surface area contributed by atoms with Crippen LogP contribution in [-0.2, 0) is 0 Å². The average Bonchev–Trinajstić information content (AvgIpc) is 2.92. The number of hydrogen-bond acceptors (Lipinski definition) is 2. The van der Waals surface area contributed by atoms with E-state index in [2.05, 4.69) is 31.0 Å². The van der Waals surface area contributed by atoms with Crippen LogP contribution < -0.4 is 5.32 Å². The summed E-state index contributed by atoms with van der Waals surface area (Å²) in [7, 11) is 0. The molecule has 1 heterocycles. The van der Waals surface area contributed by atoms with E-state index in [1.165, 1.54) is 32.4 Å². The first-order valence-electron chi connectivity index (χ1n) is 6.10. The first-order chi connectivity index (χ1) is 6.62. The Hall–Kier alpha value is -0.0800. The monoisotopic (exact) mass is 196 g/mol. The van der Waals surface area contributed by atoms with Crippen LogP contribution in [-0.4, -0.2) is 36.1 Å². The van der Waals surface area contributed by atoms with Crippen molar-refractivity contribution in [2.24, 2.45) is 5.92 Å². The predicted molar refractivity (Wildman–Crippen MR) is 60.5 cm³/mol. The van der Waals surface area contributed by atoms with Gasteiger partial charge in [0, 0.05) is 31.2 Å². The summed E-state index contributed by atoms with van der Waals surface area (Å²) in [6, 6.07) is 0.724. The molecule has 0 amide bonds. The van der Waals surface area contributed by atoms with Gasteiger partial charge in [-0.1, -0.05) is 6.92 Å². The highest BCUT2D eigenvalue weighted by Gasteiger charge is 2.36. The van der Waals surface area contributed by atoms with Crippen LogP contribution in [0, 0.1) is 5.92 Å². The van der Waals surface area contributed by atoms with E-state index in [-0.39, 0.29) is 0 Å². The molecule has 2 heteroatoms. The molecule has 1 N–H and O–H groups in total. The van der Waals surface area contributed by atoms with Gasteiger partial charge in [0.15, 0.2) is 0 Å². The SMILES string of the molecule is CCC1CN(CC2CC2)C(C)(C)CN1. The van der Waals surface area contributed by atoms with E-state index < -0.39 is 0 Å². The second-order valence-electron chi connectivity index (χ2n) is 5.65. The van der Waals surface area contributed by atoms with Crippen LogP contribution >= 0.6 is 0 Å². The van der Waals surface area contributed by atoms with Gasteiger partial charge in [0.25, 0.3) is 0 Å². The highest BCUT2D eigenvalue weighted by atomic mass is 15.3. The molecular formula is C12H24N2. The molecule has 1 atom stereocenters. The van der Waals surface area contributed by atoms with E-state index in [0.29, 0.717) is 5.54 Å². The highest BCUT2D eigenvalue weighted by Crippen LogP contribution is 2.32. The van der Waals surface area contributed by atoms with Crippen molar-refractivity contribution in [3.05, 3.63) is 0 Å². The van der Waals surface area contributed by atoms with Crippen LogP contribution in [0.15, 0.2) is 0 Å². The van der Waals surface area contributed by atoms with E-state index in [4.69, 9.17) is 0 Å². The number of hydrogen-bond donors (Lipinski definition) is 1. The lowest BCUT2D eigenvalue weighted by atomic mass is 9.96. The third kappa shape index (κ3) is 2.29. The lowest BCUT2D eigenvalue weighted by molar-refractivity contribution is 0.0606. The van der Waals surface area contributed by atoms with E-state index >= 15 is 0 Å². The molecule has 0 aromatic heterocycles. The Balaban J connectivity index is 1.93. The third-order valence-corrected chi connectivity index (χ3v) is 3.79. The molecule has 0 radical (unpaired) electrons. The summed E-state index contributed by atoms with van der Waals surface area (Å²) in [5.74, 6) is 1.02. The van der Waals surface area contributed by atoms with Crippen LogP contribution in [0.5, 0.6) is 0 Å². The van der Waals surface area contributed by atoms with Gasteiger partial charge in [-0.2, -0.15) is 0 Å². The van der Waals surface area contributed by atoms with Crippen LogP contribution in [0.3, 0.4) is 0 Å². The molecular weight excluding hydrogens is 172 g/mol. The first kappa shape index (κ1) is 10.4. The lowest BCUT2D eigenvalue weighted by Gasteiger charge is -2.46. The molecule has 1 aliphatic heterocycles. The molecule has 0 spiro atoms. The van der Waals surface area contributed by atoms with Crippen LogP contribution in [0.4, 0.5) is 0 Å². The standard InChI is InChI=1S/C12H24N2/c1-4-11-8-14(7-10-5-6-10)12(2,3)9-13-11/h10-11,13H,4-9H2,1-3H3. The Morgan fingerprint density at radius 1 is 1.36 bits per heavy atom.